The van der Waals surface area contributed by atoms with Crippen LogP contribution in [0.15, 0.2) is 30.3 Å². The van der Waals surface area contributed by atoms with Crippen LogP contribution in [0.25, 0.3) is 0 Å². The summed E-state index contributed by atoms with van der Waals surface area (Å²) in [6.45, 7) is 14.6. The predicted octanol–water partition coefficient (Wildman–Crippen LogP) is 5.97. The zero-order valence-corrected chi connectivity index (χ0v) is 22.4. The minimum absolute atomic E-state index is 0.00656. The van der Waals surface area contributed by atoms with Gasteiger partial charge in [0.1, 0.15) is 11.6 Å². The minimum atomic E-state index is -0.250. The highest BCUT2D eigenvalue weighted by Crippen LogP contribution is 2.67. The van der Waals surface area contributed by atoms with Crippen LogP contribution < -0.4 is 5.32 Å². The third-order valence-electron chi connectivity index (χ3n) is 11.5. The van der Waals surface area contributed by atoms with Gasteiger partial charge in [-0.3, -0.25) is 9.59 Å². The second-order valence-corrected chi connectivity index (χ2v) is 13.4. The first-order valence-corrected chi connectivity index (χ1v) is 13.4. The van der Waals surface area contributed by atoms with Crippen LogP contribution in [-0.2, 0) is 9.59 Å². The topological polar surface area (TPSA) is 49.4 Å². The largest absolute Gasteiger partial charge is 0.348 e. The Morgan fingerprint density at radius 3 is 1.68 bits per heavy atom. The monoisotopic (exact) mass is 480 g/mol. The van der Waals surface area contributed by atoms with Gasteiger partial charge in [-0.15, -0.1) is 0 Å². The molecule has 0 spiro atoms. The van der Waals surface area contributed by atoms with Gasteiger partial charge >= 0.3 is 0 Å². The van der Waals surface area contributed by atoms with Gasteiger partial charge in [-0.25, -0.2) is 0 Å². The van der Waals surface area contributed by atoms with Crippen molar-refractivity contribution in [3.8, 4) is 0 Å². The van der Waals surface area contributed by atoms with Crippen molar-refractivity contribution in [2.75, 3.05) is 18.4 Å². The maximum atomic E-state index is 13.6. The number of rotatable bonds is 5. The molecule has 4 fully saturated rings. The first-order valence-electron chi connectivity index (χ1n) is 13.0. The summed E-state index contributed by atoms with van der Waals surface area (Å²) in [5, 5.41) is 4.03. The Bertz CT molecular complexity index is 978. The van der Waals surface area contributed by atoms with Gasteiger partial charge in [-0.2, -0.15) is 0 Å². The number of fused-ring (bicyclic) bond motifs is 4. The van der Waals surface area contributed by atoms with Crippen LogP contribution in [0, 0.1) is 45.3 Å². The van der Waals surface area contributed by atoms with Crippen molar-refractivity contribution in [2.45, 2.75) is 67.2 Å². The van der Waals surface area contributed by atoms with Crippen LogP contribution in [0.5, 0.6) is 0 Å². The van der Waals surface area contributed by atoms with E-state index < -0.39 is 0 Å². The molecular formula is C29H40N2O2S. The Morgan fingerprint density at radius 2 is 1.29 bits per heavy atom. The standard InChI is InChI=1S/C29H40N2O2S/c1-26(2)21-12-14-28(26,5)23(32)19(21)16-31(25(34)30-18-10-8-7-9-11-18)17-20-22-13-15-29(6,24(20)33)27(22,3)4/h7-11,19-22H,12-17H2,1-6H3,(H,30,34)/t19-,20-,21+,22+,28-,29+/m1/s1. The van der Waals surface area contributed by atoms with Crippen LogP contribution >= 0.6 is 12.2 Å². The molecule has 1 N–H and O–H groups in total. The summed E-state index contributed by atoms with van der Waals surface area (Å²) in [5.41, 5.74) is 0.454. The number of Topliss-reactive ketones (excluding diaryl/α,β-unsaturated/α-hetero) is 2. The Labute approximate surface area is 210 Å². The lowest BCUT2D eigenvalue weighted by molar-refractivity contribution is -0.132. The molecule has 4 bridgehead atoms. The maximum Gasteiger partial charge on any atom is 0.173 e. The summed E-state index contributed by atoms with van der Waals surface area (Å²) in [4.78, 5) is 29.5. The Kier molecular flexibility index (Phi) is 5.37. The number of nitrogens with zero attached hydrogens (tertiary/aromatic N) is 1. The molecular weight excluding hydrogens is 440 g/mol. The molecule has 5 heteroatoms. The molecule has 0 saturated heterocycles. The van der Waals surface area contributed by atoms with E-state index in [2.05, 4.69) is 51.8 Å². The van der Waals surface area contributed by atoms with Gasteiger partial charge in [0.15, 0.2) is 5.11 Å². The van der Waals surface area contributed by atoms with Crippen molar-refractivity contribution in [1.29, 1.82) is 0 Å². The fraction of sp³-hybridized carbons (Fsp3) is 0.690. The molecule has 0 aliphatic heterocycles. The van der Waals surface area contributed by atoms with Gasteiger partial charge in [-0.1, -0.05) is 59.7 Å². The number of hydrogen-bond acceptors (Lipinski definition) is 3. The lowest BCUT2D eigenvalue weighted by Crippen LogP contribution is -2.47. The van der Waals surface area contributed by atoms with E-state index in [0.717, 1.165) is 31.4 Å². The molecule has 0 amide bonds. The molecule has 0 aromatic heterocycles. The average Bonchev–Trinajstić information content (AvgIpc) is 3.26. The molecule has 0 radical (unpaired) electrons. The molecule has 34 heavy (non-hydrogen) atoms. The summed E-state index contributed by atoms with van der Waals surface area (Å²) in [7, 11) is 0. The maximum absolute atomic E-state index is 13.6. The third kappa shape index (κ3) is 3.04. The first-order chi connectivity index (χ1) is 15.8. The van der Waals surface area contributed by atoms with Gasteiger partial charge in [-0.05, 0) is 72.7 Å². The Morgan fingerprint density at radius 1 is 0.853 bits per heavy atom. The van der Waals surface area contributed by atoms with E-state index in [9.17, 15) is 9.59 Å². The molecule has 4 nitrogen and oxygen atoms in total. The number of benzene rings is 1. The number of thiocarbonyl (C=S) groups is 1. The van der Waals surface area contributed by atoms with Crippen molar-refractivity contribution in [2.24, 2.45) is 45.3 Å². The summed E-state index contributed by atoms with van der Waals surface area (Å²) in [6.07, 6.45) is 4.18. The van der Waals surface area contributed by atoms with Crippen molar-refractivity contribution >= 4 is 34.6 Å². The molecule has 4 aliphatic rings. The quantitative estimate of drug-likeness (QED) is 0.526. The molecule has 4 saturated carbocycles. The van der Waals surface area contributed by atoms with Crippen molar-refractivity contribution in [3.63, 3.8) is 0 Å². The number of anilines is 1. The Hall–Kier alpha value is -1.75. The van der Waals surface area contributed by atoms with E-state index in [0.29, 0.717) is 41.6 Å². The minimum Gasteiger partial charge on any atom is -0.348 e. The highest BCUT2D eigenvalue weighted by Gasteiger charge is 2.68. The highest BCUT2D eigenvalue weighted by atomic mass is 32.1. The highest BCUT2D eigenvalue weighted by molar-refractivity contribution is 7.80. The van der Waals surface area contributed by atoms with E-state index >= 15 is 0 Å². The SMILES string of the molecule is CC1(C)[C@H]2CC[C@@]1(C)C(=O)[C@@H]2CN(C[C@H]1C(=O)[C@@]2(C)CC[C@@H]1C2(C)C)C(=S)Nc1ccccc1. The van der Waals surface area contributed by atoms with Crippen LogP contribution in [0.3, 0.4) is 0 Å². The molecule has 1 aromatic rings. The van der Waals surface area contributed by atoms with Gasteiger partial charge < -0.3 is 10.2 Å². The lowest BCUT2D eigenvalue weighted by atomic mass is 9.70. The first kappa shape index (κ1) is 24.0. The van der Waals surface area contributed by atoms with Crippen molar-refractivity contribution < 1.29 is 9.59 Å². The lowest BCUT2D eigenvalue weighted by Gasteiger charge is -2.36. The van der Waals surface area contributed by atoms with E-state index in [1.807, 2.05) is 30.3 Å². The van der Waals surface area contributed by atoms with E-state index in [1.54, 1.807) is 0 Å². The van der Waals surface area contributed by atoms with Crippen molar-refractivity contribution in [3.05, 3.63) is 30.3 Å². The molecule has 184 valence electrons. The summed E-state index contributed by atoms with van der Waals surface area (Å²) < 4.78 is 0. The zero-order valence-electron chi connectivity index (χ0n) is 21.6. The van der Waals surface area contributed by atoms with Crippen LogP contribution in [0.2, 0.25) is 0 Å². The third-order valence-corrected chi connectivity index (χ3v) is 11.8. The van der Waals surface area contributed by atoms with Gasteiger partial charge in [0.05, 0.1) is 0 Å². The smallest absolute Gasteiger partial charge is 0.173 e. The van der Waals surface area contributed by atoms with E-state index in [1.165, 1.54) is 0 Å². The van der Waals surface area contributed by atoms with Crippen LogP contribution in [0.4, 0.5) is 5.69 Å². The second-order valence-electron chi connectivity index (χ2n) is 13.0. The molecule has 1 aromatic carbocycles. The molecule has 0 heterocycles. The summed E-state index contributed by atoms with van der Waals surface area (Å²) >= 11 is 5.94. The number of carbonyl (C=O) groups excluding carboxylic acids is 2. The predicted molar refractivity (Wildman–Crippen MR) is 140 cm³/mol. The summed E-state index contributed by atoms with van der Waals surface area (Å²) in [5.74, 6) is 1.48. The molecule has 6 atom stereocenters. The van der Waals surface area contributed by atoms with E-state index in [4.69, 9.17) is 12.2 Å². The van der Waals surface area contributed by atoms with Crippen LogP contribution in [-0.4, -0.2) is 34.7 Å². The average molecular weight is 481 g/mol. The van der Waals surface area contributed by atoms with Gasteiger partial charge in [0.25, 0.3) is 0 Å². The number of ketones is 2. The van der Waals surface area contributed by atoms with Crippen LogP contribution in [0.1, 0.15) is 67.2 Å². The Balaban J connectivity index is 1.43. The van der Waals surface area contributed by atoms with Gasteiger partial charge in [0, 0.05) is 41.4 Å². The number of nitrogens with one attached hydrogen (secondary N) is 1. The fourth-order valence-electron chi connectivity index (χ4n) is 8.41. The molecule has 4 aliphatic carbocycles. The summed E-state index contributed by atoms with van der Waals surface area (Å²) in [6, 6.07) is 9.97. The van der Waals surface area contributed by atoms with E-state index in [-0.39, 0.29) is 33.5 Å². The molecule has 0 unspecified atom stereocenters. The van der Waals surface area contributed by atoms with Crippen molar-refractivity contribution in [1.82, 2.24) is 4.90 Å². The number of para-hydroxylation sites is 1. The fourth-order valence-corrected chi connectivity index (χ4v) is 8.67. The normalized spacial score (nSPS) is 39.0. The second kappa shape index (κ2) is 7.62. The van der Waals surface area contributed by atoms with Gasteiger partial charge in [0.2, 0.25) is 0 Å². The number of hydrogen-bond donors (Lipinski definition) is 1. The molecule has 5 rings (SSSR count). The zero-order chi connectivity index (χ0) is 24.7. The number of carbonyl (C=O) groups is 2.